The van der Waals surface area contributed by atoms with Gasteiger partial charge in [0.05, 0.1) is 5.71 Å². The predicted molar refractivity (Wildman–Crippen MR) is 112 cm³/mol. The molecular formula is C22H24N2O5S. The number of benzene rings is 2. The van der Waals surface area contributed by atoms with Gasteiger partial charge in [0.1, 0.15) is 4.90 Å². The summed E-state index contributed by atoms with van der Waals surface area (Å²) in [6.07, 6.45) is 1.96. The van der Waals surface area contributed by atoms with Crippen molar-refractivity contribution in [2.24, 2.45) is 5.16 Å². The van der Waals surface area contributed by atoms with E-state index in [2.05, 4.69) is 5.16 Å². The van der Waals surface area contributed by atoms with Crippen molar-refractivity contribution in [2.45, 2.75) is 42.9 Å². The molecule has 1 fully saturated rings. The third-order valence-corrected chi connectivity index (χ3v) is 7.32. The van der Waals surface area contributed by atoms with Crippen LogP contribution < -0.4 is 0 Å². The van der Waals surface area contributed by atoms with Gasteiger partial charge in [-0.1, -0.05) is 47.1 Å². The summed E-state index contributed by atoms with van der Waals surface area (Å²) in [5.41, 5.74) is 3.42. The van der Waals surface area contributed by atoms with E-state index in [4.69, 9.17) is 4.28 Å². The largest absolute Gasteiger partial charge is 0.465 e. The molecule has 0 unspecified atom stereocenters. The molecule has 0 aromatic heterocycles. The first-order valence-corrected chi connectivity index (χ1v) is 11.4. The second kappa shape index (κ2) is 7.75. The van der Waals surface area contributed by atoms with Gasteiger partial charge in [0, 0.05) is 18.7 Å². The summed E-state index contributed by atoms with van der Waals surface area (Å²) < 4.78 is 30.1. The van der Waals surface area contributed by atoms with E-state index in [1.807, 2.05) is 31.2 Å². The quantitative estimate of drug-likeness (QED) is 0.748. The van der Waals surface area contributed by atoms with Crippen molar-refractivity contribution in [3.05, 3.63) is 65.2 Å². The van der Waals surface area contributed by atoms with E-state index in [-0.39, 0.29) is 10.3 Å². The molecule has 7 nitrogen and oxygen atoms in total. The molecule has 158 valence electrons. The van der Waals surface area contributed by atoms with Crippen LogP contribution >= 0.6 is 0 Å². The molecule has 30 heavy (non-hydrogen) atoms. The van der Waals surface area contributed by atoms with Gasteiger partial charge in [-0.05, 0) is 55.7 Å². The van der Waals surface area contributed by atoms with Crippen LogP contribution in [0.15, 0.2) is 58.6 Å². The third-order valence-electron chi connectivity index (χ3n) is 6.20. The molecule has 0 atom stereocenters. The monoisotopic (exact) mass is 428 g/mol. The summed E-state index contributed by atoms with van der Waals surface area (Å²) in [6, 6.07) is 14.3. The van der Waals surface area contributed by atoms with Gasteiger partial charge >= 0.3 is 16.2 Å². The Morgan fingerprint density at radius 1 is 1.07 bits per heavy atom. The molecule has 2 aliphatic rings. The molecule has 2 aromatic carbocycles. The zero-order valence-electron chi connectivity index (χ0n) is 16.7. The van der Waals surface area contributed by atoms with Gasteiger partial charge in [0.15, 0.2) is 0 Å². The topological polar surface area (TPSA) is 96.3 Å². The van der Waals surface area contributed by atoms with Crippen molar-refractivity contribution in [1.82, 2.24) is 4.90 Å². The van der Waals surface area contributed by atoms with Crippen molar-refractivity contribution < 1.29 is 22.6 Å². The average molecular weight is 429 g/mol. The van der Waals surface area contributed by atoms with Crippen LogP contribution in [-0.2, 0) is 19.8 Å². The maximum Gasteiger partial charge on any atom is 0.407 e. The summed E-state index contributed by atoms with van der Waals surface area (Å²) in [7, 11) is -3.99. The number of rotatable bonds is 3. The number of carboxylic acid groups (broad SMARTS) is 1. The minimum absolute atomic E-state index is 0.0686. The van der Waals surface area contributed by atoms with Gasteiger partial charge in [0.25, 0.3) is 0 Å². The van der Waals surface area contributed by atoms with Crippen molar-refractivity contribution in [1.29, 1.82) is 0 Å². The minimum Gasteiger partial charge on any atom is -0.465 e. The maximum atomic E-state index is 12.5. The fourth-order valence-corrected chi connectivity index (χ4v) is 5.15. The number of amides is 1. The van der Waals surface area contributed by atoms with Gasteiger partial charge < -0.3 is 10.0 Å². The summed E-state index contributed by atoms with van der Waals surface area (Å²) in [5.74, 6) is 0. The summed E-state index contributed by atoms with van der Waals surface area (Å²) in [4.78, 5) is 12.8. The number of piperidine rings is 1. The van der Waals surface area contributed by atoms with E-state index in [1.165, 1.54) is 17.0 Å². The molecule has 4 rings (SSSR count). The Morgan fingerprint density at radius 2 is 1.73 bits per heavy atom. The van der Waals surface area contributed by atoms with Crippen LogP contribution in [-0.4, -0.2) is 43.3 Å². The molecule has 1 N–H and O–H groups in total. The van der Waals surface area contributed by atoms with Crippen LogP contribution in [0.5, 0.6) is 0 Å². The highest BCUT2D eigenvalue weighted by Crippen LogP contribution is 2.45. The van der Waals surface area contributed by atoms with E-state index >= 15 is 0 Å². The highest BCUT2D eigenvalue weighted by atomic mass is 32.2. The molecule has 0 radical (unpaired) electrons. The first-order chi connectivity index (χ1) is 14.3. The number of oxime groups is 1. The number of hydrogen-bond donors (Lipinski definition) is 1. The lowest BCUT2D eigenvalue weighted by atomic mass is 9.64. The number of hydrogen-bond acceptors (Lipinski definition) is 5. The van der Waals surface area contributed by atoms with Gasteiger partial charge in [-0.3, -0.25) is 4.28 Å². The molecule has 1 aliphatic heterocycles. The number of likely N-dealkylation sites (tertiary alicyclic amines) is 1. The molecular weight excluding hydrogens is 404 g/mol. The molecule has 0 saturated carbocycles. The first kappa shape index (κ1) is 20.4. The van der Waals surface area contributed by atoms with E-state index in [0.717, 1.165) is 36.0 Å². The summed E-state index contributed by atoms with van der Waals surface area (Å²) >= 11 is 0. The van der Waals surface area contributed by atoms with Crippen LogP contribution in [0.2, 0.25) is 0 Å². The molecule has 1 amide bonds. The molecule has 1 heterocycles. The smallest absolute Gasteiger partial charge is 0.407 e. The summed E-state index contributed by atoms with van der Waals surface area (Å²) in [6.45, 7) is 2.87. The Balaban J connectivity index is 1.60. The Morgan fingerprint density at radius 3 is 2.40 bits per heavy atom. The van der Waals surface area contributed by atoms with Gasteiger partial charge in [-0.15, -0.1) is 0 Å². The zero-order valence-corrected chi connectivity index (χ0v) is 17.6. The molecule has 1 saturated heterocycles. The van der Waals surface area contributed by atoms with Gasteiger partial charge in [-0.25, -0.2) is 4.79 Å². The molecule has 8 heteroatoms. The fraction of sp³-hybridized carbons (Fsp3) is 0.364. The maximum absolute atomic E-state index is 12.5. The average Bonchev–Trinajstić information content (AvgIpc) is 2.74. The number of fused-ring (bicyclic) bond motifs is 2. The van der Waals surface area contributed by atoms with E-state index < -0.39 is 16.2 Å². The lowest BCUT2D eigenvalue weighted by molar-refractivity contribution is 0.113. The van der Waals surface area contributed by atoms with Crippen molar-refractivity contribution in [2.75, 3.05) is 13.1 Å². The Labute approximate surface area is 176 Å². The van der Waals surface area contributed by atoms with Crippen LogP contribution in [0.1, 0.15) is 42.4 Å². The van der Waals surface area contributed by atoms with E-state index in [1.54, 1.807) is 12.1 Å². The molecule has 1 aliphatic carbocycles. The molecule has 2 aromatic rings. The second-order valence-electron chi connectivity index (χ2n) is 7.98. The minimum atomic E-state index is -3.99. The lowest BCUT2D eigenvalue weighted by Gasteiger charge is -2.44. The van der Waals surface area contributed by atoms with Crippen molar-refractivity contribution in [3.63, 3.8) is 0 Å². The normalized spacial score (nSPS) is 19.5. The SMILES string of the molecule is Cc1ccc(S(=O)(=O)O/N=C2\CCC3(CCN(C(=O)O)CC3)c3ccccc32)cc1. The van der Waals surface area contributed by atoms with E-state index in [9.17, 15) is 18.3 Å². The van der Waals surface area contributed by atoms with Gasteiger partial charge in [0.2, 0.25) is 0 Å². The fourth-order valence-electron chi connectivity index (χ4n) is 4.41. The first-order valence-electron chi connectivity index (χ1n) is 9.96. The number of aryl methyl sites for hydroxylation is 1. The Bertz CT molecular complexity index is 1080. The van der Waals surface area contributed by atoms with E-state index in [0.29, 0.717) is 25.2 Å². The third kappa shape index (κ3) is 3.79. The van der Waals surface area contributed by atoms with Crippen LogP contribution in [0, 0.1) is 6.92 Å². The lowest BCUT2D eigenvalue weighted by Crippen LogP contribution is -2.46. The Hall–Kier alpha value is -2.87. The predicted octanol–water partition coefficient (Wildman–Crippen LogP) is 3.91. The van der Waals surface area contributed by atoms with Crippen molar-refractivity contribution in [3.8, 4) is 0 Å². The molecule has 0 bridgehead atoms. The highest BCUT2D eigenvalue weighted by Gasteiger charge is 2.42. The molecule has 1 spiro atoms. The Kier molecular flexibility index (Phi) is 5.27. The van der Waals surface area contributed by atoms with Gasteiger partial charge in [-0.2, -0.15) is 8.42 Å². The summed E-state index contributed by atoms with van der Waals surface area (Å²) in [5, 5.41) is 13.3. The number of carbonyl (C=O) groups is 1. The second-order valence-corrected chi connectivity index (χ2v) is 9.50. The van der Waals surface area contributed by atoms with Crippen LogP contribution in [0.3, 0.4) is 0 Å². The van der Waals surface area contributed by atoms with Crippen molar-refractivity contribution >= 4 is 21.9 Å². The number of nitrogens with zero attached hydrogens (tertiary/aromatic N) is 2. The van der Waals surface area contributed by atoms with Crippen LogP contribution in [0.4, 0.5) is 4.79 Å². The highest BCUT2D eigenvalue weighted by molar-refractivity contribution is 7.86. The zero-order chi connectivity index (χ0) is 21.4. The standard InChI is InChI=1S/C22H24N2O5S/c1-16-6-8-17(9-7-16)30(27,28)29-23-20-10-11-22(19-5-3-2-4-18(19)20)12-14-24(15-13-22)21(25)26/h2-9H,10-15H2,1H3,(H,25,26)/b23-20+. The van der Waals surface area contributed by atoms with Crippen LogP contribution in [0.25, 0.3) is 0 Å².